The second kappa shape index (κ2) is 23.5. The zero-order valence-electron chi connectivity index (χ0n) is 23.8. The minimum absolute atomic E-state index is 0.0658. The third-order valence-corrected chi connectivity index (χ3v) is 36.7. The monoisotopic (exact) mass is 640 g/mol. The van der Waals surface area contributed by atoms with Crippen LogP contribution >= 0.6 is 17.9 Å². The zero-order chi connectivity index (χ0) is 26.4. The number of hydrogen-bond donors (Lipinski definition) is 0. The van der Waals surface area contributed by atoms with Crippen molar-refractivity contribution in [1.82, 2.24) is 0 Å². The van der Waals surface area contributed by atoms with Crippen LogP contribution in [0.1, 0.15) is 119 Å². The van der Waals surface area contributed by atoms with E-state index in [0.29, 0.717) is 36.6 Å². The zero-order valence-corrected chi connectivity index (χ0v) is 28.3. The van der Waals surface area contributed by atoms with E-state index in [1.54, 1.807) is 0 Å². The summed E-state index contributed by atoms with van der Waals surface area (Å²) in [5.41, 5.74) is 0. The molecule has 0 aromatic rings. The van der Waals surface area contributed by atoms with Gasteiger partial charge in [-0.1, -0.05) is 0 Å². The molecule has 0 amide bonds. The molecular weight excluding hydrogens is 583 g/mol. The van der Waals surface area contributed by atoms with Gasteiger partial charge in [0.25, 0.3) is 0 Å². The van der Waals surface area contributed by atoms with Crippen LogP contribution in [-0.4, -0.2) is 52.3 Å². The van der Waals surface area contributed by atoms with Gasteiger partial charge in [0.05, 0.1) is 0 Å². The topological polar surface area (TPSA) is 52.6 Å². The maximum atomic E-state index is 12.7. The van der Waals surface area contributed by atoms with Crippen LogP contribution in [0.25, 0.3) is 0 Å². The quantitative estimate of drug-likeness (QED) is 0.0776. The number of carbonyl (C=O) groups is 2. The Labute approximate surface area is 227 Å². The number of esters is 2. The predicted octanol–water partition coefficient (Wildman–Crippen LogP) is 9.01. The van der Waals surface area contributed by atoms with Gasteiger partial charge >= 0.3 is 229 Å². The molecular formula is C28H56O4S2Sn. The van der Waals surface area contributed by atoms with Gasteiger partial charge in [-0.15, -0.1) is 0 Å². The fraction of sp³-hybridized carbons (Fsp3) is 0.929. The molecule has 0 aliphatic carbocycles. The van der Waals surface area contributed by atoms with Crippen LogP contribution in [0.3, 0.4) is 0 Å². The Morgan fingerprint density at radius 2 is 1.00 bits per heavy atom. The van der Waals surface area contributed by atoms with E-state index in [1.165, 1.54) is 47.4 Å². The van der Waals surface area contributed by atoms with Gasteiger partial charge in [0.15, 0.2) is 0 Å². The van der Waals surface area contributed by atoms with Gasteiger partial charge in [0.1, 0.15) is 0 Å². The van der Waals surface area contributed by atoms with Gasteiger partial charge in [0, 0.05) is 0 Å². The molecule has 0 aliphatic rings. The van der Waals surface area contributed by atoms with E-state index in [2.05, 4.69) is 41.5 Å². The fourth-order valence-electron chi connectivity index (χ4n) is 4.03. The summed E-state index contributed by atoms with van der Waals surface area (Å²) in [4.78, 5) is 25.3. The van der Waals surface area contributed by atoms with Crippen LogP contribution in [-0.2, 0) is 19.1 Å². The van der Waals surface area contributed by atoms with E-state index in [-0.39, 0.29) is 11.9 Å². The predicted molar refractivity (Wildman–Crippen MR) is 159 cm³/mol. The van der Waals surface area contributed by atoms with E-state index in [9.17, 15) is 9.59 Å². The van der Waals surface area contributed by atoms with Crippen molar-refractivity contribution in [2.75, 3.05) is 24.7 Å². The van der Waals surface area contributed by atoms with Crippen LogP contribution in [0.5, 0.6) is 0 Å². The molecule has 0 N–H and O–H groups in total. The molecule has 0 radical (unpaired) electrons. The van der Waals surface area contributed by atoms with Crippen LogP contribution in [0.4, 0.5) is 0 Å². The summed E-state index contributed by atoms with van der Waals surface area (Å²) in [6.45, 7) is 14.3. The summed E-state index contributed by atoms with van der Waals surface area (Å²) in [5, 5.41) is 0. The Kier molecular flexibility index (Phi) is 23.8. The van der Waals surface area contributed by atoms with Gasteiger partial charge in [-0.2, -0.15) is 0 Å². The van der Waals surface area contributed by atoms with Crippen LogP contribution < -0.4 is 0 Å². The van der Waals surface area contributed by atoms with Crippen molar-refractivity contribution in [2.45, 2.75) is 127 Å². The Morgan fingerprint density at radius 3 is 1.31 bits per heavy atom. The summed E-state index contributed by atoms with van der Waals surface area (Å²) < 4.78 is 13.8. The molecule has 0 saturated carbocycles. The first-order chi connectivity index (χ1) is 16.9. The van der Waals surface area contributed by atoms with E-state index in [4.69, 9.17) is 9.47 Å². The molecule has 35 heavy (non-hydrogen) atoms. The van der Waals surface area contributed by atoms with Gasteiger partial charge < -0.3 is 0 Å². The van der Waals surface area contributed by atoms with Crippen molar-refractivity contribution in [2.24, 2.45) is 11.8 Å². The third kappa shape index (κ3) is 18.4. The summed E-state index contributed by atoms with van der Waals surface area (Å²) in [5.74, 6) is 1.72. The molecule has 0 bridgehead atoms. The van der Waals surface area contributed by atoms with E-state index in [0.717, 1.165) is 38.5 Å². The van der Waals surface area contributed by atoms with E-state index in [1.807, 2.05) is 17.9 Å². The number of unbranched alkanes of at least 4 members (excludes halogenated alkanes) is 4. The number of hydrogen-bond acceptors (Lipinski definition) is 6. The van der Waals surface area contributed by atoms with Crippen molar-refractivity contribution in [3.05, 3.63) is 0 Å². The summed E-state index contributed by atoms with van der Waals surface area (Å²) in [7, 11) is 3.81. The summed E-state index contributed by atoms with van der Waals surface area (Å²) in [6, 6.07) is 0. The Bertz CT molecular complexity index is 487. The SMILES string of the molecule is CCCC[C@H](CC)COC(=O)C[S][Sn]([CH2]CCC)([CH2]CCC)[S]CC(=O)OC[C@@H](CC)CCCC. The number of carbonyl (C=O) groups excluding carboxylic acids is 2. The molecule has 0 aliphatic heterocycles. The molecule has 0 heterocycles. The van der Waals surface area contributed by atoms with Gasteiger partial charge in [-0.3, -0.25) is 0 Å². The molecule has 0 aromatic carbocycles. The first-order valence-electron chi connectivity index (χ1n) is 14.5. The van der Waals surface area contributed by atoms with Crippen LogP contribution in [0, 0.1) is 11.8 Å². The van der Waals surface area contributed by atoms with Crippen molar-refractivity contribution < 1.29 is 19.1 Å². The third-order valence-electron chi connectivity index (χ3n) is 6.78. The Morgan fingerprint density at radius 1 is 0.629 bits per heavy atom. The molecule has 0 saturated heterocycles. The van der Waals surface area contributed by atoms with Gasteiger partial charge in [0.2, 0.25) is 0 Å². The first-order valence-corrected chi connectivity index (χ1v) is 27.5. The fourth-order valence-corrected chi connectivity index (χ4v) is 31.5. The molecule has 2 atom stereocenters. The Hall–Kier alpha value is 0.439. The molecule has 7 heteroatoms. The molecule has 0 rings (SSSR count). The minimum atomic E-state index is -2.81. The van der Waals surface area contributed by atoms with Crippen molar-refractivity contribution >= 4 is 45.4 Å². The average molecular weight is 640 g/mol. The number of rotatable bonds is 24. The molecule has 0 aromatic heterocycles. The van der Waals surface area contributed by atoms with Crippen LogP contribution in [0.15, 0.2) is 0 Å². The summed E-state index contributed by atoms with van der Waals surface area (Å²) in [6.07, 6.45) is 13.9. The van der Waals surface area contributed by atoms with E-state index >= 15 is 0 Å². The Balaban J connectivity index is 4.94. The van der Waals surface area contributed by atoms with Gasteiger partial charge in [-0.25, -0.2) is 0 Å². The second-order valence-corrected chi connectivity index (χ2v) is 36.3. The first kappa shape index (κ1) is 35.4. The molecule has 0 unspecified atom stereocenters. The normalized spacial score (nSPS) is 13.4. The average Bonchev–Trinajstić information content (AvgIpc) is 2.88. The van der Waals surface area contributed by atoms with Crippen molar-refractivity contribution in [3.63, 3.8) is 0 Å². The molecule has 4 nitrogen and oxygen atoms in total. The molecule has 0 spiro atoms. The standard InChI is InChI=1S/2C10H20O2S.2C4H9.Sn/c2*1-3-5-6-9(4-2)7-12-10(11)8-13;2*1-3-4-2;/h2*9,13H,3-8H2,1-2H3;2*1,3-4H2,2H3;/q;;;;+2/p-2/t2*9-;;;/m00.../s1. The van der Waals surface area contributed by atoms with Crippen molar-refractivity contribution in [3.8, 4) is 0 Å². The van der Waals surface area contributed by atoms with Crippen molar-refractivity contribution in [1.29, 1.82) is 0 Å². The second-order valence-electron chi connectivity index (χ2n) is 9.89. The van der Waals surface area contributed by atoms with Gasteiger partial charge in [-0.05, 0) is 0 Å². The summed E-state index contributed by atoms with van der Waals surface area (Å²) >= 11 is -2.81. The van der Waals surface area contributed by atoms with Crippen LogP contribution in [0.2, 0.25) is 8.87 Å². The molecule has 208 valence electrons. The number of ether oxygens (including phenoxy) is 2. The maximum absolute atomic E-state index is 12.7. The molecule has 0 fully saturated rings. The van der Waals surface area contributed by atoms with E-state index < -0.39 is 15.6 Å².